The largest absolute Gasteiger partial charge is 0.487 e. The normalized spacial score (nSPS) is 11.5. The first-order chi connectivity index (χ1) is 7.07. The fourth-order valence-electron chi connectivity index (χ4n) is 1.10. The molecule has 0 aliphatic heterocycles. The third-order valence-electron chi connectivity index (χ3n) is 2.06. The summed E-state index contributed by atoms with van der Waals surface area (Å²) in [7, 11) is 0. The summed E-state index contributed by atoms with van der Waals surface area (Å²) in [6.45, 7) is 0.630. The van der Waals surface area contributed by atoms with Crippen molar-refractivity contribution in [3.8, 4) is 5.75 Å². The van der Waals surface area contributed by atoms with Crippen molar-refractivity contribution in [2.75, 3.05) is 13.2 Å². The molecule has 0 radical (unpaired) electrons. The molecule has 2 N–H and O–H groups in total. The van der Waals surface area contributed by atoms with Crippen LogP contribution in [0.25, 0.3) is 0 Å². The van der Waals surface area contributed by atoms with Crippen molar-refractivity contribution in [3.63, 3.8) is 0 Å². The number of ether oxygens (including phenoxy) is 1. The Morgan fingerprint density at radius 2 is 2.13 bits per heavy atom. The fraction of sp³-hybridized carbons (Fsp3) is 0.455. The highest BCUT2D eigenvalue weighted by atomic mass is 19.3. The van der Waals surface area contributed by atoms with Gasteiger partial charge in [0.2, 0.25) is 0 Å². The lowest BCUT2D eigenvalue weighted by molar-refractivity contribution is -0.0319. The van der Waals surface area contributed by atoms with Crippen LogP contribution in [0.2, 0.25) is 0 Å². The Kier molecular flexibility index (Phi) is 4.03. The molecule has 0 atom stereocenters. The number of hydrogen-bond acceptors (Lipinski definition) is 2. The molecule has 0 spiro atoms. The molecule has 0 saturated heterocycles. The first kappa shape index (κ1) is 11.9. The molecule has 1 aromatic rings. The Labute approximate surface area is 88.0 Å². The van der Waals surface area contributed by atoms with Gasteiger partial charge in [-0.25, -0.2) is 8.78 Å². The van der Waals surface area contributed by atoms with E-state index < -0.39 is 19.1 Å². The minimum absolute atomic E-state index is 0.461. The van der Waals surface area contributed by atoms with Crippen molar-refractivity contribution < 1.29 is 13.5 Å². The van der Waals surface area contributed by atoms with Crippen molar-refractivity contribution in [1.29, 1.82) is 0 Å². The third-order valence-corrected chi connectivity index (χ3v) is 2.06. The third kappa shape index (κ3) is 3.83. The van der Waals surface area contributed by atoms with Crippen molar-refractivity contribution in [1.82, 2.24) is 0 Å². The predicted octanol–water partition coefficient (Wildman–Crippen LogP) is 2.22. The molecule has 0 aromatic heterocycles. The highest BCUT2D eigenvalue weighted by molar-refractivity contribution is 5.28. The molecule has 84 valence electrons. The van der Waals surface area contributed by atoms with E-state index in [-0.39, 0.29) is 0 Å². The van der Waals surface area contributed by atoms with Gasteiger partial charge in [-0.2, -0.15) is 0 Å². The van der Waals surface area contributed by atoms with Crippen LogP contribution in [0.5, 0.6) is 5.75 Å². The van der Waals surface area contributed by atoms with E-state index in [1.54, 1.807) is 18.2 Å². The molecule has 1 rings (SSSR count). The van der Waals surface area contributed by atoms with E-state index in [1.165, 1.54) is 0 Å². The zero-order valence-corrected chi connectivity index (χ0v) is 8.67. The summed E-state index contributed by atoms with van der Waals surface area (Å²) in [5.74, 6) is -2.50. The maximum atomic E-state index is 12.8. The molecule has 0 saturated carbocycles. The van der Waals surface area contributed by atoms with Crippen LogP contribution < -0.4 is 10.5 Å². The van der Waals surface area contributed by atoms with Crippen LogP contribution in [0.3, 0.4) is 0 Å². The van der Waals surface area contributed by atoms with Gasteiger partial charge in [-0.3, -0.25) is 0 Å². The highest BCUT2D eigenvalue weighted by Crippen LogP contribution is 2.17. The van der Waals surface area contributed by atoms with Gasteiger partial charge in [-0.1, -0.05) is 19.1 Å². The van der Waals surface area contributed by atoms with Crippen molar-refractivity contribution in [2.45, 2.75) is 19.3 Å². The molecule has 4 heteroatoms. The van der Waals surface area contributed by atoms with Crippen LogP contribution in [0.15, 0.2) is 24.3 Å². The summed E-state index contributed by atoms with van der Waals surface area (Å²) in [6, 6.07) is 7.13. The maximum absolute atomic E-state index is 12.8. The molecule has 2 nitrogen and oxygen atoms in total. The average molecular weight is 215 g/mol. The van der Waals surface area contributed by atoms with Gasteiger partial charge < -0.3 is 10.5 Å². The van der Waals surface area contributed by atoms with E-state index >= 15 is 0 Å². The Balaban J connectivity index is 2.57. The van der Waals surface area contributed by atoms with Crippen molar-refractivity contribution in [3.05, 3.63) is 29.8 Å². The molecule has 1 aromatic carbocycles. The van der Waals surface area contributed by atoms with Gasteiger partial charge in [0, 0.05) is 0 Å². The van der Waals surface area contributed by atoms with Crippen LogP contribution in [-0.2, 0) is 6.42 Å². The Morgan fingerprint density at radius 3 is 2.73 bits per heavy atom. The Hall–Kier alpha value is -1.16. The van der Waals surface area contributed by atoms with Gasteiger partial charge in [0.05, 0.1) is 6.54 Å². The van der Waals surface area contributed by atoms with Crippen LogP contribution >= 0.6 is 0 Å². The van der Waals surface area contributed by atoms with Crippen LogP contribution in [0.1, 0.15) is 12.5 Å². The van der Waals surface area contributed by atoms with Crippen molar-refractivity contribution in [2.24, 2.45) is 5.73 Å². The quantitative estimate of drug-likeness (QED) is 0.817. The Bertz CT molecular complexity index is 315. The SMILES string of the molecule is CCc1cccc(OCC(F)(F)CN)c1. The molecular weight excluding hydrogens is 200 g/mol. The fourth-order valence-corrected chi connectivity index (χ4v) is 1.10. The van der Waals surface area contributed by atoms with Crippen molar-refractivity contribution >= 4 is 0 Å². The molecule has 0 heterocycles. The van der Waals surface area contributed by atoms with E-state index in [0.29, 0.717) is 5.75 Å². The summed E-state index contributed by atoms with van der Waals surface area (Å²) < 4.78 is 30.5. The summed E-state index contributed by atoms with van der Waals surface area (Å²) in [6.07, 6.45) is 0.852. The number of aryl methyl sites for hydroxylation is 1. The smallest absolute Gasteiger partial charge is 0.293 e. The van der Waals surface area contributed by atoms with Crippen LogP contribution in [0.4, 0.5) is 8.78 Å². The first-order valence-corrected chi connectivity index (χ1v) is 4.87. The zero-order chi connectivity index (χ0) is 11.3. The van der Waals surface area contributed by atoms with Crippen LogP contribution in [-0.4, -0.2) is 19.1 Å². The number of hydrogen-bond donors (Lipinski definition) is 1. The topological polar surface area (TPSA) is 35.2 Å². The van der Waals surface area contributed by atoms with E-state index in [2.05, 4.69) is 0 Å². The van der Waals surface area contributed by atoms with E-state index in [1.807, 2.05) is 13.0 Å². The van der Waals surface area contributed by atoms with Gasteiger partial charge in [0.25, 0.3) is 5.92 Å². The number of alkyl halides is 2. The summed E-state index contributed by atoms with van der Waals surface area (Å²) in [5, 5.41) is 0. The molecule has 0 aliphatic rings. The van der Waals surface area contributed by atoms with E-state index in [0.717, 1.165) is 12.0 Å². The molecule has 0 bridgehead atoms. The summed E-state index contributed by atoms with van der Waals surface area (Å²) in [4.78, 5) is 0. The number of rotatable bonds is 5. The van der Waals surface area contributed by atoms with E-state index in [9.17, 15) is 8.78 Å². The second-order valence-corrected chi connectivity index (χ2v) is 3.35. The monoisotopic (exact) mass is 215 g/mol. The van der Waals surface area contributed by atoms with Gasteiger partial charge in [0.1, 0.15) is 5.75 Å². The van der Waals surface area contributed by atoms with E-state index in [4.69, 9.17) is 10.5 Å². The summed E-state index contributed by atoms with van der Waals surface area (Å²) in [5.41, 5.74) is 5.96. The number of nitrogens with two attached hydrogens (primary N) is 1. The minimum Gasteiger partial charge on any atom is -0.487 e. The second-order valence-electron chi connectivity index (χ2n) is 3.35. The number of benzene rings is 1. The zero-order valence-electron chi connectivity index (χ0n) is 8.67. The molecule has 0 aliphatic carbocycles. The van der Waals surface area contributed by atoms with Gasteiger partial charge in [-0.15, -0.1) is 0 Å². The maximum Gasteiger partial charge on any atom is 0.293 e. The molecule has 0 unspecified atom stereocenters. The second kappa shape index (κ2) is 5.07. The summed E-state index contributed by atoms with van der Waals surface area (Å²) >= 11 is 0. The van der Waals surface area contributed by atoms with Gasteiger partial charge in [-0.05, 0) is 24.1 Å². The lowest BCUT2D eigenvalue weighted by Gasteiger charge is -2.15. The standard InChI is InChI=1S/C11H15F2NO/c1-2-9-4-3-5-10(6-9)15-8-11(12,13)7-14/h3-6H,2,7-8,14H2,1H3. The molecular formula is C11H15F2NO. The molecule has 0 fully saturated rings. The Morgan fingerprint density at radius 1 is 1.40 bits per heavy atom. The van der Waals surface area contributed by atoms with Gasteiger partial charge >= 0.3 is 0 Å². The minimum atomic E-state index is -2.96. The lowest BCUT2D eigenvalue weighted by Crippen LogP contribution is -2.34. The predicted molar refractivity (Wildman–Crippen MR) is 55.3 cm³/mol. The molecule has 0 amide bonds. The molecule has 15 heavy (non-hydrogen) atoms. The highest BCUT2D eigenvalue weighted by Gasteiger charge is 2.27. The first-order valence-electron chi connectivity index (χ1n) is 4.87. The van der Waals surface area contributed by atoms with Crippen LogP contribution in [0, 0.1) is 0 Å². The van der Waals surface area contributed by atoms with Gasteiger partial charge in [0.15, 0.2) is 6.61 Å². The average Bonchev–Trinajstić information content (AvgIpc) is 2.27. The number of halogens is 2. The lowest BCUT2D eigenvalue weighted by atomic mass is 10.2.